The minimum Gasteiger partial charge on any atom is -0.341 e. The van der Waals surface area contributed by atoms with Gasteiger partial charge in [0.25, 0.3) is 11.2 Å². The number of hydrogen-bond donors (Lipinski definition) is 2. The molecule has 2 heterocycles. The van der Waals surface area contributed by atoms with E-state index in [-0.39, 0.29) is 10.5 Å². The zero-order valence-electron chi connectivity index (χ0n) is 8.02. The third-order valence-corrected chi connectivity index (χ3v) is 2.20. The van der Waals surface area contributed by atoms with Crippen molar-refractivity contribution in [3.8, 4) is 11.3 Å². The molecule has 0 aromatic carbocycles. The van der Waals surface area contributed by atoms with Gasteiger partial charge in [0.15, 0.2) is 4.77 Å². The standard InChI is InChI=1S/C10H6N4OS/c1-11-8-7(6-2-4-12-5-3-6)13-10(16)14-9(8)15/h2-5H,(H2,13,14,15,16). The quantitative estimate of drug-likeness (QED) is 0.582. The molecule has 2 aromatic rings. The van der Waals surface area contributed by atoms with Crippen LogP contribution in [-0.2, 0) is 0 Å². The molecule has 0 aliphatic rings. The van der Waals surface area contributed by atoms with E-state index in [1.807, 2.05) is 0 Å². The monoisotopic (exact) mass is 230 g/mol. The van der Waals surface area contributed by atoms with Gasteiger partial charge in [-0.25, -0.2) is 4.85 Å². The van der Waals surface area contributed by atoms with Gasteiger partial charge < -0.3 is 9.97 Å². The molecular weight excluding hydrogens is 224 g/mol. The average molecular weight is 230 g/mol. The van der Waals surface area contributed by atoms with Crippen molar-refractivity contribution in [3.05, 3.63) is 51.1 Å². The molecule has 0 aliphatic carbocycles. The van der Waals surface area contributed by atoms with Gasteiger partial charge in [0.2, 0.25) is 0 Å². The Bertz CT molecular complexity index is 666. The second-order valence-electron chi connectivity index (χ2n) is 2.98. The van der Waals surface area contributed by atoms with Crippen LogP contribution in [0.25, 0.3) is 16.1 Å². The Morgan fingerprint density at radius 3 is 2.62 bits per heavy atom. The van der Waals surface area contributed by atoms with Gasteiger partial charge in [-0.3, -0.25) is 9.78 Å². The summed E-state index contributed by atoms with van der Waals surface area (Å²) < 4.78 is 0.198. The maximum atomic E-state index is 11.5. The zero-order chi connectivity index (χ0) is 11.5. The molecule has 2 N–H and O–H groups in total. The number of nitrogens with one attached hydrogen (secondary N) is 2. The Hall–Kier alpha value is -2.26. The highest BCUT2D eigenvalue weighted by atomic mass is 32.1. The number of aromatic amines is 2. The topological polar surface area (TPSA) is 65.9 Å². The molecule has 5 nitrogen and oxygen atoms in total. The maximum absolute atomic E-state index is 11.5. The summed E-state index contributed by atoms with van der Waals surface area (Å²) in [6.07, 6.45) is 3.17. The lowest BCUT2D eigenvalue weighted by atomic mass is 10.2. The molecule has 0 radical (unpaired) electrons. The van der Waals surface area contributed by atoms with Crippen molar-refractivity contribution in [1.82, 2.24) is 15.0 Å². The highest BCUT2D eigenvalue weighted by Crippen LogP contribution is 2.23. The van der Waals surface area contributed by atoms with E-state index in [0.717, 1.165) is 0 Å². The number of nitrogens with zero attached hydrogens (tertiary/aromatic N) is 2. The molecule has 0 atom stereocenters. The van der Waals surface area contributed by atoms with Gasteiger partial charge in [0.1, 0.15) is 0 Å². The van der Waals surface area contributed by atoms with E-state index in [0.29, 0.717) is 11.3 Å². The molecular formula is C10H6N4OS. The number of aromatic nitrogens is 3. The van der Waals surface area contributed by atoms with E-state index in [1.54, 1.807) is 24.5 Å². The second-order valence-corrected chi connectivity index (χ2v) is 3.39. The van der Waals surface area contributed by atoms with Gasteiger partial charge in [0, 0.05) is 12.4 Å². The number of pyridine rings is 1. The van der Waals surface area contributed by atoms with Crippen LogP contribution in [0, 0.1) is 11.3 Å². The predicted molar refractivity (Wildman–Crippen MR) is 61.7 cm³/mol. The van der Waals surface area contributed by atoms with Gasteiger partial charge in [-0.2, -0.15) is 0 Å². The van der Waals surface area contributed by atoms with Crippen LogP contribution in [0.1, 0.15) is 0 Å². The molecule has 2 aromatic heterocycles. The molecule has 0 spiro atoms. The minimum atomic E-state index is -0.481. The van der Waals surface area contributed by atoms with E-state index < -0.39 is 5.56 Å². The fraction of sp³-hybridized carbons (Fsp3) is 0. The van der Waals surface area contributed by atoms with E-state index >= 15 is 0 Å². The Morgan fingerprint density at radius 1 is 1.31 bits per heavy atom. The summed E-state index contributed by atoms with van der Waals surface area (Å²) >= 11 is 4.86. The van der Waals surface area contributed by atoms with Crippen LogP contribution in [0.4, 0.5) is 5.69 Å². The van der Waals surface area contributed by atoms with Crippen LogP contribution in [0.3, 0.4) is 0 Å². The van der Waals surface area contributed by atoms with Crippen molar-refractivity contribution in [1.29, 1.82) is 0 Å². The SMILES string of the molecule is [C-]#[N+]c1c(-c2ccncc2)[nH]c(=S)[nH]c1=O. The van der Waals surface area contributed by atoms with E-state index in [1.165, 1.54) is 0 Å². The first-order chi connectivity index (χ1) is 7.72. The molecule has 0 amide bonds. The third kappa shape index (κ3) is 1.76. The molecule has 6 heteroatoms. The van der Waals surface area contributed by atoms with Crippen LogP contribution in [0.15, 0.2) is 29.3 Å². The molecule has 0 unspecified atom stereocenters. The normalized spacial score (nSPS) is 9.69. The summed E-state index contributed by atoms with van der Waals surface area (Å²) in [7, 11) is 0. The molecule has 0 saturated carbocycles. The van der Waals surface area contributed by atoms with E-state index in [9.17, 15) is 4.79 Å². The number of hydrogen-bond acceptors (Lipinski definition) is 3. The van der Waals surface area contributed by atoms with Crippen LogP contribution < -0.4 is 5.56 Å². The first-order valence-corrected chi connectivity index (χ1v) is 4.77. The fourth-order valence-electron chi connectivity index (χ4n) is 1.31. The molecule has 78 valence electrons. The van der Waals surface area contributed by atoms with Crippen LogP contribution in [0.5, 0.6) is 0 Å². The molecule has 0 saturated heterocycles. The van der Waals surface area contributed by atoms with Crippen molar-refractivity contribution in [2.75, 3.05) is 0 Å². The Morgan fingerprint density at radius 2 is 2.00 bits per heavy atom. The second kappa shape index (κ2) is 4.08. The fourth-order valence-corrected chi connectivity index (χ4v) is 1.51. The summed E-state index contributed by atoms with van der Waals surface area (Å²) in [6.45, 7) is 6.98. The van der Waals surface area contributed by atoms with Gasteiger partial charge in [-0.05, 0) is 29.9 Å². The summed E-state index contributed by atoms with van der Waals surface area (Å²) in [6, 6.07) is 3.41. The van der Waals surface area contributed by atoms with Gasteiger partial charge in [-0.15, -0.1) is 0 Å². The van der Waals surface area contributed by atoms with Crippen molar-refractivity contribution >= 4 is 17.9 Å². The molecule has 2 rings (SSSR count). The Labute approximate surface area is 95.6 Å². The minimum absolute atomic E-state index is 0.000185. The lowest BCUT2D eigenvalue weighted by Crippen LogP contribution is -2.07. The largest absolute Gasteiger partial charge is 0.341 e. The van der Waals surface area contributed by atoms with Crippen molar-refractivity contribution < 1.29 is 0 Å². The highest BCUT2D eigenvalue weighted by Gasteiger charge is 2.09. The van der Waals surface area contributed by atoms with Crippen LogP contribution in [0.2, 0.25) is 0 Å². The lowest BCUT2D eigenvalue weighted by Gasteiger charge is -2.02. The summed E-state index contributed by atoms with van der Waals surface area (Å²) in [5.74, 6) is 0. The maximum Gasteiger partial charge on any atom is 0.273 e. The van der Waals surface area contributed by atoms with E-state index in [4.69, 9.17) is 18.8 Å². The summed E-state index contributed by atoms with van der Waals surface area (Å²) in [5.41, 5.74) is 0.648. The Kier molecular flexibility index (Phi) is 2.62. The molecule has 0 bridgehead atoms. The lowest BCUT2D eigenvalue weighted by molar-refractivity contribution is 1.10. The van der Waals surface area contributed by atoms with Crippen molar-refractivity contribution in [3.63, 3.8) is 0 Å². The zero-order valence-corrected chi connectivity index (χ0v) is 8.84. The van der Waals surface area contributed by atoms with Crippen molar-refractivity contribution in [2.45, 2.75) is 0 Å². The van der Waals surface area contributed by atoms with Gasteiger partial charge in [0.05, 0.1) is 12.3 Å². The van der Waals surface area contributed by atoms with Crippen LogP contribution in [-0.4, -0.2) is 15.0 Å². The first kappa shape index (κ1) is 10.3. The third-order valence-electron chi connectivity index (χ3n) is 2.00. The Balaban J connectivity index is 2.81. The highest BCUT2D eigenvalue weighted by molar-refractivity contribution is 7.71. The van der Waals surface area contributed by atoms with Crippen molar-refractivity contribution in [2.24, 2.45) is 0 Å². The molecule has 16 heavy (non-hydrogen) atoms. The number of H-pyrrole nitrogens is 2. The van der Waals surface area contributed by atoms with Crippen LogP contribution >= 0.6 is 12.2 Å². The molecule has 0 fully saturated rings. The smallest absolute Gasteiger partial charge is 0.273 e. The summed E-state index contributed by atoms with van der Waals surface area (Å²) in [5, 5.41) is 0. The number of rotatable bonds is 1. The summed E-state index contributed by atoms with van der Waals surface area (Å²) in [4.78, 5) is 23.7. The first-order valence-electron chi connectivity index (χ1n) is 4.37. The van der Waals surface area contributed by atoms with E-state index in [2.05, 4.69) is 19.8 Å². The molecule has 0 aliphatic heterocycles. The van der Waals surface area contributed by atoms with Gasteiger partial charge in [-0.1, -0.05) is 0 Å². The predicted octanol–water partition coefficient (Wildman–Crippen LogP) is 2.05. The average Bonchev–Trinajstić information content (AvgIpc) is 2.29. The van der Waals surface area contributed by atoms with Gasteiger partial charge >= 0.3 is 0 Å².